The zero-order valence-electron chi connectivity index (χ0n) is 11.9. The highest BCUT2D eigenvalue weighted by atomic mass is 16.2. The Morgan fingerprint density at radius 1 is 1.47 bits per heavy atom. The molecule has 5 heteroatoms. The van der Waals surface area contributed by atoms with Gasteiger partial charge in [-0.25, -0.2) is 0 Å². The van der Waals surface area contributed by atoms with Gasteiger partial charge in [0.1, 0.15) is 0 Å². The zero-order chi connectivity index (χ0) is 13.8. The lowest BCUT2D eigenvalue weighted by Gasteiger charge is -2.33. The minimum Gasteiger partial charge on any atom is -0.338 e. The van der Waals surface area contributed by atoms with Crippen LogP contribution in [-0.4, -0.2) is 47.7 Å². The third-order valence-corrected chi connectivity index (χ3v) is 3.63. The maximum absolute atomic E-state index is 12.6. The number of hydrogen-bond acceptors (Lipinski definition) is 4. The molecule has 1 aromatic rings. The van der Waals surface area contributed by atoms with Crippen molar-refractivity contribution in [2.45, 2.75) is 26.7 Å². The second-order valence-electron chi connectivity index (χ2n) is 5.30. The van der Waals surface area contributed by atoms with Crippen molar-refractivity contribution in [2.24, 2.45) is 5.92 Å². The van der Waals surface area contributed by atoms with Crippen LogP contribution in [0.3, 0.4) is 0 Å². The molecule has 1 unspecified atom stereocenters. The van der Waals surface area contributed by atoms with Crippen LogP contribution in [-0.2, 0) is 0 Å². The van der Waals surface area contributed by atoms with E-state index in [9.17, 15) is 4.79 Å². The summed E-state index contributed by atoms with van der Waals surface area (Å²) in [5.41, 5.74) is 2.20. The van der Waals surface area contributed by atoms with Crippen LogP contribution in [0.25, 0.3) is 0 Å². The Kier molecular flexibility index (Phi) is 4.47. The van der Waals surface area contributed by atoms with Crippen molar-refractivity contribution in [3.63, 3.8) is 0 Å². The number of nitrogens with zero attached hydrogens (tertiary/aromatic N) is 3. The largest absolute Gasteiger partial charge is 0.338 e. The van der Waals surface area contributed by atoms with Crippen LogP contribution in [0.4, 0.5) is 0 Å². The van der Waals surface area contributed by atoms with Gasteiger partial charge in [0.15, 0.2) is 0 Å². The van der Waals surface area contributed by atoms with Gasteiger partial charge in [-0.3, -0.25) is 4.79 Å². The second-order valence-corrected chi connectivity index (χ2v) is 5.30. The first kappa shape index (κ1) is 13.9. The average molecular weight is 262 g/mol. The van der Waals surface area contributed by atoms with Crippen molar-refractivity contribution in [1.29, 1.82) is 0 Å². The van der Waals surface area contributed by atoms with Crippen LogP contribution in [0.15, 0.2) is 6.07 Å². The van der Waals surface area contributed by atoms with E-state index in [0.29, 0.717) is 17.2 Å². The van der Waals surface area contributed by atoms with Crippen molar-refractivity contribution < 1.29 is 4.79 Å². The Hall–Kier alpha value is -1.49. The Morgan fingerprint density at radius 3 is 3.00 bits per heavy atom. The standard InChI is InChI=1S/C14H22N4O/c1-10-7-13(11(2)17-16-10)14(19)18-6-4-5-12(9-18)8-15-3/h7,12,15H,4-6,8-9H2,1-3H3. The van der Waals surface area contributed by atoms with Crippen molar-refractivity contribution in [1.82, 2.24) is 20.4 Å². The molecule has 104 valence electrons. The molecule has 2 heterocycles. The molecule has 0 radical (unpaired) electrons. The van der Waals surface area contributed by atoms with Gasteiger partial charge in [-0.1, -0.05) is 0 Å². The molecule has 5 nitrogen and oxygen atoms in total. The third kappa shape index (κ3) is 3.29. The first-order valence-electron chi connectivity index (χ1n) is 6.86. The minimum atomic E-state index is 0.0938. The fourth-order valence-electron chi connectivity index (χ4n) is 2.64. The summed E-state index contributed by atoms with van der Waals surface area (Å²) >= 11 is 0. The molecule has 1 fully saturated rings. The van der Waals surface area contributed by atoms with E-state index in [1.54, 1.807) is 0 Å². The van der Waals surface area contributed by atoms with Gasteiger partial charge in [0.25, 0.3) is 5.91 Å². The number of carbonyl (C=O) groups excluding carboxylic acids is 1. The Labute approximate surface area is 114 Å². The number of rotatable bonds is 3. The number of aromatic nitrogens is 2. The molecule has 19 heavy (non-hydrogen) atoms. The molecule has 1 aromatic heterocycles. The molecule has 0 aliphatic carbocycles. The lowest BCUT2D eigenvalue weighted by molar-refractivity contribution is 0.0672. The Morgan fingerprint density at radius 2 is 2.26 bits per heavy atom. The summed E-state index contributed by atoms with van der Waals surface area (Å²) in [6.45, 7) is 6.36. The molecule has 1 N–H and O–H groups in total. The summed E-state index contributed by atoms with van der Waals surface area (Å²) in [4.78, 5) is 14.5. The molecule has 0 aromatic carbocycles. The Balaban J connectivity index is 2.12. The summed E-state index contributed by atoms with van der Waals surface area (Å²) in [7, 11) is 1.96. The van der Waals surface area contributed by atoms with Crippen molar-refractivity contribution in [3.8, 4) is 0 Å². The lowest BCUT2D eigenvalue weighted by Crippen LogP contribution is -2.42. The molecule has 1 amide bonds. The maximum atomic E-state index is 12.6. The molecular weight excluding hydrogens is 240 g/mol. The monoisotopic (exact) mass is 262 g/mol. The van der Waals surface area contributed by atoms with Crippen LogP contribution < -0.4 is 5.32 Å². The van der Waals surface area contributed by atoms with Gasteiger partial charge in [0.05, 0.1) is 17.0 Å². The fraction of sp³-hybridized carbons (Fsp3) is 0.643. The number of aryl methyl sites for hydroxylation is 2. The van der Waals surface area contributed by atoms with Crippen molar-refractivity contribution in [2.75, 3.05) is 26.7 Å². The fourth-order valence-corrected chi connectivity index (χ4v) is 2.64. The normalized spacial score (nSPS) is 19.5. The van der Waals surface area contributed by atoms with Gasteiger partial charge in [0.2, 0.25) is 0 Å². The number of carbonyl (C=O) groups is 1. The highest BCUT2D eigenvalue weighted by Crippen LogP contribution is 2.19. The quantitative estimate of drug-likeness (QED) is 0.888. The van der Waals surface area contributed by atoms with Crippen LogP contribution in [0.2, 0.25) is 0 Å². The number of hydrogen-bond donors (Lipinski definition) is 1. The van der Waals surface area contributed by atoms with Crippen LogP contribution in [0, 0.1) is 19.8 Å². The summed E-state index contributed by atoms with van der Waals surface area (Å²) in [6, 6.07) is 1.84. The van der Waals surface area contributed by atoms with E-state index >= 15 is 0 Å². The molecule has 0 bridgehead atoms. The van der Waals surface area contributed by atoms with Gasteiger partial charge in [-0.05, 0) is 52.3 Å². The van der Waals surface area contributed by atoms with Crippen LogP contribution in [0.1, 0.15) is 34.6 Å². The van der Waals surface area contributed by atoms with E-state index in [2.05, 4.69) is 15.5 Å². The first-order valence-corrected chi connectivity index (χ1v) is 6.86. The van der Waals surface area contributed by atoms with Crippen molar-refractivity contribution >= 4 is 5.91 Å². The SMILES string of the molecule is CNCC1CCCN(C(=O)c2cc(C)nnc2C)C1. The third-order valence-electron chi connectivity index (χ3n) is 3.63. The predicted molar refractivity (Wildman–Crippen MR) is 74.1 cm³/mol. The predicted octanol–water partition coefficient (Wildman–Crippen LogP) is 1.17. The summed E-state index contributed by atoms with van der Waals surface area (Å²) in [5.74, 6) is 0.648. The maximum Gasteiger partial charge on any atom is 0.255 e. The highest BCUT2D eigenvalue weighted by molar-refractivity contribution is 5.95. The van der Waals surface area contributed by atoms with E-state index in [-0.39, 0.29) is 5.91 Å². The molecule has 1 aliphatic heterocycles. The zero-order valence-corrected chi connectivity index (χ0v) is 11.9. The highest BCUT2D eigenvalue weighted by Gasteiger charge is 2.25. The van der Waals surface area contributed by atoms with Gasteiger partial charge >= 0.3 is 0 Å². The smallest absolute Gasteiger partial charge is 0.255 e. The van der Waals surface area contributed by atoms with E-state index in [1.807, 2.05) is 31.9 Å². The van der Waals surface area contributed by atoms with Crippen molar-refractivity contribution in [3.05, 3.63) is 23.0 Å². The summed E-state index contributed by atoms with van der Waals surface area (Å²) in [5, 5.41) is 11.2. The second kappa shape index (κ2) is 6.10. The number of likely N-dealkylation sites (tertiary alicyclic amines) is 1. The number of amides is 1. The molecule has 1 saturated heterocycles. The molecule has 0 saturated carbocycles. The van der Waals surface area contributed by atoms with Gasteiger partial charge in [-0.2, -0.15) is 10.2 Å². The van der Waals surface area contributed by atoms with E-state index in [1.165, 1.54) is 6.42 Å². The van der Waals surface area contributed by atoms with Gasteiger partial charge in [-0.15, -0.1) is 0 Å². The van der Waals surface area contributed by atoms with Gasteiger partial charge in [0, 0.05) is 13.1 Å². The van der Waals surface area contributed by atoms with Crippen LogP contribution in [0.5, 0.6) is 0 Å². The van der Waals surface area contributed by atoms with E-state index in [4.69, 9.17) is 0 Å². The van der Waals surface area contributed by atoms with E-state index in [0.717, 1.165) is 31.7 Å². The molecular formula is C14H22N4O. The number of piperidine rings is 1. The average Bonchev–Trinajstić information content (AvgIpc) is 2.41. The number of nitrogens with one attached hydrogen (secondary N) is 1. The minimum absolute atomic E-state index is 0.0938. The molecule has 2 rings (SSSR count). The first-order chi connectivity index (χ1) is 9.11. The summed E-state index contributed by atoms with van der Waals surface area (Å²) < 4.78 is 0. The molecule has 1 aliphatic rings. The molecule has 1 atom stereocenters. The van der Waals surface area contributed by atoms with E-state index < -0.39 is 0 Å². The topological polar surface area (TPSA) is 58.1 Å². The van der Waals surface area contributed by atoms with Gasteiger partial charge < -0.3 is 10.2 Å². The summed E-state index contributed by atoms with van der Waals surface area (Å²) in [6.07, 6.45) is 2.27. The Bertz CT molecular complexity index is 459. The molecule has 0 spiro atoms. The lowest BCUT2D eigenvalue weighted by atomic mass is 9.97. The van der Waals surface area contributed by atoms with Crippen LogP contribution >= 0.6 is 0 Å².